The van der Waals surface area contributed by atoms with Crippen LogP contribution in [-0.4, -0.2) is 45.5 Å². The standard InChI is InChI=1S/C16H18N4O3/c1-3-23-16(21)15-18-14(13-6-4-5-7-20(13)15)12-10-17-19(11-12)8-9-22-2/h4-7,10-11H,3,8-9H2,1-2H3. The van der Waals surface area contributed by atoms with Gasteiger partial charge in [-0.05, 0) is 19.1 Å². The summed E-state index contributed by atoms with van der Waals surface area (Å²) in [5, 5.41) is 4.30. The second-order valence-corrected chi connectivity index (χ2v) is 4.95. The molecule has 0 aliphatic carbocycles. The summed E-state index contributed by atoms with van der Waals surface area (Å²) in [6.45, 7) is 3.32. The number of imidazole rings is 1. The van der Waals surface area contributed by atoms with Crippen LogP contribution in [0.15, 0.2) is 36.8 Å². The van der Waals surface area contributed by atoms with E-state index in [-0.39, 0.29) is 5.82 Å². The van der Waals surface area contributed by atoms with E-state index in [0.29, 0.717) is 25.5 Å². The lowest BCUT2D eigenvalue weighted by atomic mass is 10.2. The summed E-state index contributed by atoms with van der Waals surface area (Å²) in [5.41, 5.74) is 2.39. The normalized spacial score (nSPS) is 11.0. The smallest absolute Gasteiger partial charge is 0.374 e. The molecule has 120 valence electrons. The molecule has 0 atom stereocenters. The van der Waals surface area contributed by atoms with Crippen LogP contribution in [0.3, 0.4) is 0 Å². The van der Waals surface area contributed by atoms with Crippen LogP contribution < -0.4 is 0 Å². The predicted molar refractivity (Wildman–Crippen MR) is 84.2 cm³/mol. The monoisotopic (exact) mass is 314 g/mol. The maximum atomic E-state index is 12.1. The number of methoxy groups -OCH3 is 1. The van der Waals surface area contributed by atoms with Gasteiger partial charge in [0.2, 0.25) is 5.82 Å². The highest BCUT2D eigenvalue weighted by atomic mass is 16.5. The van der Waals surface area contributed by atoms with Gasteiger partial charge in [0, 0.05) is 25.1 Å². The Bertz CT molecular complexity index is 822. The first-order chi connectivity index (χ1) is 11.2. The molecule has 0 spiro atoms. The van der Waals surface area contributed by atoms with E-state index in [9.17, 15) is 4.79 Å². The Morgan fingerprint density at radius 3 is 3.00 bits per heavy atom. The van der Waals surface area contributed by atoms with Crippen molar-refractivity contribution in [1.29, 1.82) is 0 Å². The van der Waals surface area contributed by atoms with E-state index in [0.717, 1.165) is 11.1 Å². The zero-order valence-electron chi connectivity index (χ0n) is 13.1. The van der Waals surface area contributed by atoms with Crippen molar-refractivity contribution >= 4 is 11.5 Å². The molecule has 0 fully saturated rings. The molecule has 3 rings (SSSR count). The van der Waals surface area contributed by atoms with E-state index in [2.05, 4.69) is 10.1 Å². The average molecular weight is 314 g/mol. The van der Waals surface area contributed by atoms with Gasteiger partial charge in [-0.3, -0.25) is 9.08 Å². The SMILES string of the molecule is CCOC(=O)c1nc(-c2cnn(CCOC)c2)c2ccccn12. The maximum Gasteiger partial charge on any atom is 0.374 e. The van der Waals surface area contributed by atoms with Crippen molar-refractivity contribution in [2.75, 3.05) is 20.3 Å². The minimum atomic E-state index is -0.438. The van der Waals surface area contributed by atoms with Gasteiger partial charge < -0.3 is 9.47 Å². The fourth-order valence-electron chi connectivity index (χ4n) is 2.38. The van der Waals surface area contributed by atoms with Crippen molar-refractivity contribution in [3.05, 3.63) is 42.6 Å². The maximum absolute atomic E-state index is 12.1. The molecule has 0 aliphatic heterocycles. The van der Waals surface area contributed by atoms with E-state index in [1.54, 1.807) is 35.5 Å². The van der Waals surface area contributed by atoms with Crippen LogP contribution in [0.5, 0.6) is 0 Å². The Morgan fingerprint density at radius 1 is 1.35 bits per heavy atom. The van der Waals surface area contributed by atoms with Crippen molar-refractivity contribution in [2.24, 2.45) is 0 Å². The molecule has 0 unspecified atom stereocenters. The molecule has 0 aliphatic rings. The molecule has 3 aromatic heterocycles. The van der Waals surface area contributed by atoms with Crippen molar-refractivity contribution in [3.63, 3.8) is 0 Å². The Hall–Kier alpha value is -2.67. The Labute approximate surface area is 133 Å². The number of ether oxygens (including phenoxy) is 2. The fourth-order valence-corrected chi connectivity index (χ4v) is 2.38. The van der Waals surface area contributed by atoms with Gasteiger partial charge >= 0.3 is 5.97 Å². The Morgan fingerprint density at radius 2 is 2.22 bits per heavy atom. The topological polar surface area (TPSA) is 70.6 Å². The number of carbonyl (C=O) groups excluding carboxylic acids is 1. The van der Waals surface area contributed by atoms with E-state index in [4.69, 9.17) is 9.47 Å². The zero-order chi connectivity index (χ0) is 16.2. The molecule has 23 heavy (non-hydrogen) atoms. The van der Waals surface area contributed by atoms with E-state index < -0.39 is 5.97 Å². The molecule has 3 aromatic rings. The van der Waals surface area contributed by atoms with Crippen LogP contribution >= 0.6 is 0 Å². The van der Waals surface area contributed by atoms with Gasteiger partial charge in [0.1, 0.15) is 5.69 Å². The van der Waals surface area contributed by atoms with Gasteiger partial charge in [-0.15, -0.1) is 0 Å². The molecule has 0 bridgehead atoms. The zero-order valence-corrected chi connectivity index (χ0v) is 13.1. The van der Waals surface area contributed by atoms with Gasteiger partial charge in [0.15, 0.2) is 0 Å². The molecule has 0 aromatic carbocycles. The third-order valence-corrected chi connectivity index (χ3v) is 3.44. The lowest BCUT2D eigenvalue weighted by Gasteiger charge is -2.00. The molecule has 7 heteroatoms. The molecule has 7 nitrogen and oxygen atoms in total. The lowest BCUT2D eigenvalue weighted by molar-refractivity contribution is 0.0511. The number of hydrogen-bond acceptors (Lipinski definition) is 5. The highest BCUT2D eigenvalue weighted by molar-refractivity contribution is 5.90. The van der Waals surface area contributed by atoms with E-state index in [1.807, 2.05) is 24.4 Å². The van der Waals surface area contributed by atoms with Crippen molar-refractivity contribution in [3.8, 4) is 11.3 Å². The number of fused-ring (bicyclic) bond motifs is 1. The number of rotatable bonds is 6. The average Bonchev–Trinajstić information content (AvgIpc) is 3.17. The van der Waals surface area contributed by atoms with Crippen LogP contribution in [-0.2, 0) is 16.0 Å². The number of nitrogens with zero attached hydrogens (tertiary/aromatic N) is 4. The second kappa shape index (κ2) is 6.62. The van der Waals surface area contributed by atoms with Crippen LogP contribution in [0.2, 0.25) is 0 Å². The highest BCUT2D eigenvalue weighted by Crippen LogP contribution is 2.24. The van der Waals surface area contributed by atoms with Crippen LogP contribution in [0.1, 0.15) is 17.5 Å². The molecule has 0 saturated heterocycles. The van der Waals surface area contributed by atoms with Gasteiger partial charge in [-0.25, -0.2) is 9.78 Å². The molecular weight excluding hydrogens is 296 g/mol. The minimum absolute atomic E-state index is 0.266. The van der Waals surface area contributed by atoms with E-state index >= 15 is 0 Å². The Balaban J connectivity index is 2.04. The van der Waals surface area contributed by atoms with Crippen LogP contribution in [0.25, 0.3) is 16.8 Å². The number of carbonyl (C=O) groups is 1. The fraction of sp³-hybridized carbons (Fsp3) is 0.312. The van der Waals surface area contributed by atoms with Gasteiger partial charge in [0.05, 0.1) is 31.5 Å². The lowest BCUT2D eigenvalue weighted by Crippen LogP contribution is -2.09. The first-order valence-electron chi connectivity index (χ1n) is 7.40. The molecule has 0 saturated carbocycles. The summed E-state index contributed by atoms with van der Waals surface area (Å²) in [7, 11) is 1.65. The van der Waals surface area contributed by atoms with Crippen LogP contribution in [0.4, 0.5) is 0 Å². The second-order valence-electron chi connectivity index (χ2n) is 4.95. The predicted octanol–water partition coefficient (Wildman–Crippen LogP) is 2.02. The number of pyridine rings is 1. The number of esters is 1. The third kappa shape index (κ3) is 2.95. The summed E-state index contributed by atoms with van der Waals surface area (Å²) in [6, 6.07) is 5.67. The molecule has 0 radical (unpaired) electrons. The Kier molecular flexibility index (Phi) is 4.38. The van der Waals surface area contributed by atoms with E-state index in [1.165, 1.54) is 0 Å². The number of aromatic nitrogens is 4. The first kappa shape index (κ1) is 15.2. The summed E-state index contributed by atoms with van der Waals surface area (Å²) in [5.74, 6) is -0.172. The third-order valence-electron chi connectivity index (χ3n) is 3.44. The molecular formula is C16H18N4O3. The highest BCUT2D eigenvalue weighted by Gasteiger charge is 2.19. The van der Waals surface area contributed by atoms with Gasteiger partial charge in [-0.1, -0.05) is 6.07 Å². The summed E-state index contributed by atoms with van der Waals surface area (Å²) in [6.07, 6.45) is 5.43. The van der Waals surface area contributed by atoms with Crippen LogP contribution in [0, 0.1) is 0 Å². The molecule has 0 amide bonds. The number of hydrogen-bond donors (Lipinski definition) is 0. The van der Waals surface area contributed by atoms with Crippen molar-refractivity contribution < 1.29 is 14.3 Å². The molecule has 0 N–H and O–H groups in total. The first-order valence-corrected chi connectivity index (χ1v) is 7.40. The molecule has 3 heterocycles. The van der Waals surface area contributed by atoms with Crippen molar-refractivity contribution in [1.82, 2.24) is 19.2 Å². The summed E-state index contributed by atoms with van der Waals surface area (Å²) >= 11 is 0. The van der Waals surface area contributed by atoms with Gasteiger partial charge in [0.25, 0.3) is 0 Å². The summed E-state index contributed by atoms with van der Waals surface area (Å²) in [4.78, 5) is 16.6. The summed E-state index contributed by atoms with van der Waals surface area (Å²) < 4.78 is 13.7. The largest absolute Gasteiger partial charge is 0.460 e. The van der Waals surface area contributed by atoms with Crippen molar-refractivity contribution in [2.45, 2.75) is 13.5 Å². The minimum Gasteiger partial charge on any atom is -0.460 e. The van der Waals surface area contributed by atoms with Gasteiger partial charge in [-0.2, -0.15) is 5.10 Å². The quantitative estimate of drug-likeness (QED) is 0.651.